The van der Waals surface area contributed by atoms with Gasteiger partial charge in [0.05, 0.1) is 57.3 Å². The maximum atomic E-state index is 15.1. The predicted molar refractivity (Wildman–Crippen MR) is 94.7 cm³/mol. The van der Waals surface area contributed by atoms with Gasteiger partial charge in [0.2, 0.25) is 0 Å². The van der Waals surface area contributed by atoms with Crippen molar-refractivity contribution in [1.82, 2.24) is 0 Å². The summed E-state index contributed by atoms with van der Waals surface area (Å²) < 4.78 is 40.0. The number of esters is 4. The molecule has 166 valence electrons. The third kappa shape index (κ3) is 2.51. The summed E-state index contributed by atoms with van der Waals surface area (Å²) >= 11 is 0. The van der Waals surface area contributed by atoms with Gasteiger partial charge in [0, 0.05) is 0 Å². The molecule has 1 fully saturated rings. The Kier molecular flexibility index (Phi) is 4.84. The van der Waals surface area contributed by atoms with Crippen LogP contribution in [0.15, 0.2) is 28.2 Å². The van der Waals surface area contributed by atoms with E-state index in [-0.39, 0.29) is 16.9 Å². The maximum absolute atomic E-state index is 15.1. The molecule has 12 heteroatoms. The largest absolute Gasteiger partial charge is 0.467 e. The number of carbonyl (C=O) groups is 4. The van der Waals surface area contributed by atoms with Gasteiger partial charge in [-0.05, 0) is 6.08 Å². The van der Waals surface area contributed by atoms with E-state index in [0.29, 0.717) is 0 Å². The lowest BCUT2D eigenvalue weighted by atomic mass is 9.57. The van der Waals surface area contributed by atoms with E-state index in [2.05, 4.69) is 5.16 Å². The predicted octanol–water partition coefficient (Wildman–Crippen LogP) is -0.403. The first-order valence-corrected chi connectivity index (χ1v) is 9.13. The summed E-state index contributed by atoms with van der Waals surface area (Å²) in [7, 11) is 4.38. The minimum atomic E-state index is -1.69. The van der Waals surface area contributed by atoms with E-state index in [1.165, 1.54) is 0 Å². The molecule has 0 saturated carbocycles. The number of hydrogen-bond acceptors (Lipinski definition) is 11. The van der Waals surface area contributed by atoms with Gasteiger partial charge in [-0.25, -0.2) is 23.6 Å². The quantitative estimate of drug-likeness (QED) is 0.420. The van der Waals surface area contributed by atoms with E-state index in [9.17, 15) is 19.2 Å². The van der Waals surface area contributed by atoms with Crippen LogP contribution in [0.2, 0.25) is 0 Å². The highest BCUT2D eigenvalue weighted by molar-refractivity contribution is 6.38. The van der Waals surface area contributed by atoms with Gasteiger partial charge < -0.3 is 28.5 Å². The molecule has 5 aliphatic rings. The summed E-state index contributed by atoms with van der Waals surface area (Å²) in [6.07, 6.45) is -1.66. The van der Waals surface area contributed by atoms with Crippen LogP contribution in [0.3, 0.4) is 0 Å². The Bertz CT molecular complexity index is 984. The van der Waals surface area contributed by atoms with Gasteiger partial charge in [-0.15, -0.1) is 0 Å². The fourth-order valence-electron chi connectivity index (χ4n) is 4.91. The average molecular weight is 439 g/mol. The molecule has 0 unspecified atom stereocenters. The lowest BCUT2D eigenvalue weighted by molar-refractivity contribution is -0.162. The van der Waals surface area contributed by atoms with Crippen molar-refractivity contribution in [2.24, 2.45) is 22.9 Å². The molecule has 0 aromatic rings. The Morgan fingerprint density at radius 3 is 2.16 bits per heavy atom. The molecule has 0 aromatic heterocycles. The van der Waals surface area contributed by atoms with Crippen LogP contribution in [-0.2, 0) is 47.7 Å². The normalized spacial score (nSPS) is 34.7. The molecular weight excluding hydrogens is 421 g/mol. The van der Waals surface area contributed by atoms with Crippen LogP contribution in [0.5, 0.6) is 0 Å². The fraction of sp³-hybridized carbons (Fsp3) is 0.526. The second-order valence-electron chi connectivity index (χ2n) is 7.21. The van der Waals surface area contributed by atoms with Gasteiger partial charge in [0.25, 0.3) is 0 Å². The Labute approximate surface area is 174 Å². The average Bonchev–Trinajstić information content (AvgIpc) is 3.33. The fourth-order valence-corrected chi connectivity index (χ4v) is 4.91. The molecule has 0 aromatic carbocycles. The van der Waals surface area contributed by atoms with Gasteiger partial charge in [-0.1, -0.05) is 5.16 Å². The van der Waals surface area contributed by atoms with Gasteiger partial charge >= 0.3 is 23.9 Å². The number of carbonyl (C=O) groups excluding carboxylic acids is 4. The van der Waals surface area contributed by atoms with Crippen LogP contribution in [0, 0.1) is 17.8 Å². The summed E-state index contributed by atoms with van der Waals surface area (Å²) in [4.78, 5) is 55.7. The molecule has 0 N–H and O–H groups in total. The molecule has 31 heavy (non-hydrogen) atoms. The lowest BCUT2D eigenvalue weighted by Gasteiger charge is -2.48. The number of ether oxygens (including phenoxy) is 5. The lowest BCUT2D eigenvalue weighted by Crippen LogP contribution is -2.61. The number of hydrogen-bond donors (Lipinski definition) is 0. The molecule has 2 aliphatic heterocycles. The molecule has 6 atom stereocenters. The number of oxime groups is 1. The number of rotatable bonds is 4. The zero-order valence-corrected chi connectivity index (χ0v) is 16.9. The van der Waals surface area contributed by atoms with Crippen molar-refractivity contribution < 1.29 is 52.1 Å². The SMILES string of the molecule is COC(=O)C1=NO[C@]23[C@H](O[C@H](C(=O)OC)[C@H]12)[C@@H]1C(F)=C[C@H]3C(C(=O)OC)=C1C(=O)OC. The van der Waals surface area contributed by atoms with Gasteiger partial charge in [0.1, 0.15) is 11.9 Å². The second kappa shape index (κ2) is 7.15. The van der Waals surface area contributed by atoms with Crippen molar-refractivity contribution in [1.29, 1.82) is 0 Å². The van der Waals surface area contributed by atoms with Crippen molar-refractivity contribution >= 4 is 29.6 Å². The summed E-state index contributed by atoms with van der Waals surface area (Å²) in [5.41, 5.74) is -2.51. The summed E-state index contributed by atoms with van der Waals surface area (Å²) in [6, 6.07) is 0. The summed E-state index contributed by atoms with van der Waals surface area (Å²) in [6.45, 7) is 0. The Morgan fingerprint density at radius 1 is 0.968 bits per heavy atom. The second-order valence-corrected chi connectivity index (χ2v) is 7.21. The van der Waals surface area contributed by atoms with Crippen molar-refractivity contribution in [3.8, 4) is 0 Å². The van der Waals surface area contributed by atoms with Crippen molar-refractivity contribution in [3.05, 3.63) is 23.0 Å². The number of nitrogens with zero attached hydrogens (tertiary/aromatic N) is 1. The van der Waals surface area contributed by atoms with E-state index in [1.807, 2.05) is 0 Å². The van der Waals surface area contributed by atoms with E-state index >= 15 is 4.39 Å². The molecule has 3 aliphatic carbocycles. The Morgan fingerprint density at radius 2 is 1.58 bits per heavy atom. The van der Waals surface area contributed by atoms with Crippen LogP contribution in [0.4, 0.5) is 4.39 Å². The van der Waals surface area contributed by atoms with Crippen LogP contribution >= 0.6 is 0 Å². The standard InChI is InChI=1S/C19H18FNO10/c1-26-15(22)8-6-5-7(20)9(10(8)16(23)27-2)14-19(6)11(13(30-14)18(25)29-4)12(21-31-19)17(24)28-3/h5-6,9,11,13-14H,1-4H3/t6-,9+,11-,13-,14+,19-/m0/s1. The van der Waals surface area contributed by atoms with Crippen LogP contribution in [0.1, 0.15) is 0 Å². The van der Waals surface area contributed by atoms with Crippen molar-refractivity contribution in [2.75, 3.05) is 28.4 Å². The molecule has 1 spiro atoms. The first kappa shape index (κ1) is 21.0. The Hall–Kier alpha value is -3.28. The van der Waals surface area contributed by atoms with Gasteiger partial charge in [-0.2, -0.15) is 0 Å². The molecule has 11 nitrogen and oxygen atoms in total. The first-order valence-electron chi connectivity index (χ1n) is 9.13. The monoisotopic (exact) mass is 439 g/mol. The highest BCUT2D eigenvalue weighted by Gasteiger charge is 2.77. The molecule has 2 heterocycles. The molecule has 1 saturated heterocycles. The molecule has 0 amide bonds. The minimum absolute atomic E-state index is 0.225. The van der Waals surface area contributed by atoms with Gasteiger partial charge in [0.15, 0.2) is 17.4 Å². The highest BCUT2D eigenvalue weighted by atomic mass is 19.1. The van der Waals surface area contributed by atoms with E-state index < -0.39 is 65.3 Å². The topological polar surface area (TPSA) is 136 Å². The number of halogens is 1. The van der Waals surface area contributed by atoms with Crippen LogP contribution < -0.4 is 0 Å². The number of methoxy groups -OCH3 is 4. The van der Waals surface area contributed by atoms with Gasteiger partial charge in [-0.3, -0.25) is 0 Å². The van der Waals surface area contributed by atoms with Crippen LogP contribution in [0.25, 0.3) is 0 Å². The van der Waals surface area contributed by atoms with E-state index in [1.54, 1.807) is 0 Å². The zero-order chi connectivity index (χ0) is 22.7. The smallest absolute Gasteiger partial charge is 0.356 e. The third-order valence-electron chi connectivity index (χ3n) is 6.09. The highest BCUT2D eigenvalue weighted by Crippen LogP contribution is 2.62. The van der Waals surface area contributed by atoms with E-state index in [0.717, 1.165) is 34.5 Å². The summed E-state index contributed by atoms with van der Waals surface area (Å²) in [5.74, 6) is -8.40. The van der Waals surface area contributed by atoms with E-state index in [4.69, 9.17) is 28.5 Å². The molecular formula is C19H18FNO10. The first-order chi connectivity index (χ1) is 14.8. The molecule has 0 radical (unpaired) electrons. The van der Waals surface area contributed by atoms with Crippen LogP contribution in [-0.4, -0.2) is 75.8 Å². The Balaban J connectivity index is 1.95. The molecule has 2 bridgehead atoms. The maximum Gasteiger partial charge on any atom is 0.356 e. The summed E-state index contributed by atoms with van der Waals surface area (Å²) in [5, 5.41) is 3.80. The zero-order valence-electron chi connectivity index (χ0n) is 16.9. The molecule has 5 rings (SSSR count). The minimum Gasteiger partial charge on any atom is -0.467 e. The van der Waals surface area contributed by atoms with Crippen molar-refractivity contribution in [3.63, 3.8) is 0 Å². The third-order valence-corrected chi connectivity index (χ3v) is 6.09. The van der Waals surface area contributed by atoms with Crippen molar-refractivity contribution in [2.45, 2.75) is 17.8 Å².